The van der Waals surface area contributed by atoms with Gasteiger partial charge < -0.3 is 9.67 Å². The van der Waals surface area contributed by atoms with E-state index >= 15 is 0 Å². The maximum Gasteiger partial charge on any atom is 0.0991 e. The molecule has 2 heterocycles. The van der Waals surface area contributed by atoms with Crippen molar-refractivity contribution >= 4 is 0 Å². The number of para-hydroxylation sites is 1. The first-order valence-corrected chi connectivity index (χ1v) is 6.02. The number of pyridine rings is 1. The minimum atomic E-state index is 0.0166. The molecule has 94 valence electrons. The van der Waals surface area contributed by atoms with Crippen molar-refractivity contribution in [2.45, 2.75) is 6.61 Å². The number of hydrogen-bond donors (Lipinski definition) is 1. The van der Waals surface area contributed by atoms with Crippen molar-refractivity contribution in [1.29, 1.82) is 0 Å². The second kappa shape index (κ2) is 5.04. The van der Waals surface area contributed by atoms with Crippen molar-refractivity contribution in [3.05, 3.63) is 66.9 Å². The molecule has 1 N–H and O–H groups in total. The first-order chi connectivity index (χ1) is 9.38. The van der Waals surface area contributed by atoms with Crippen LogP contribution in [0, 0.1) is 0 Å². The number of aromatic nitrogens is 3. The summed E-state index contributed by atoms with van der Waals surface area (Å²) in [6, 6.07) is 11.7. The Kier molecular flexibility index (Phi) is 3.08. The Balaban J connectivity index is 2.15. The zero-order valence-electron chi connectivity index (χ0n) is 10.3. The van der Waals surface area contributed by atoms with E-state index in [0.717, 1.165) is 22.5 Å². The van der Waals surface area contributed by atoms with Gasteiger partial charge in [0.1, 0.15) is 0 Å². The predicted molar refractivity (Wildman–Crippen MR) is 72.7 cm³/mol. The molecule has 0 aliphatic carbocycles. The number of imidazole rings is 1. The average Bonchev–Trinajstić information content (AvgIpc) is 3.01. The van der Waals surface area contributed by atoms with Gasteiger partial charge in [0.05, 0.1) is 24.3 Å². The maximum atomic E-state index is 9.22. The van der Waals surface area contributed by atoms with E-state index < -0.39 is 0 Å². The third-order valence-electron chi connectivity index (χ3n) is 2.97. The van der Waals surface area contributed by atoms with Crippen LogP contribution in [0.4, 0.5) is 0 Å². The Morgan fingerprint density at radius 1 is 1.11 bits per heavy atom. The molecule has 0 aliphatic heterocycles. The van der Waals surface area contributed by atoms with Crippen molar-refractivity contribution in [2.75, 3.05) is 0 Å². The van der Waals surface area contributed by atoms with Crippen molar-refractivity contribution in [3.8, 4) is 16.9 Å². The lowest BCUT2D eigenvalue weighted by molar-refractivity contribution is 0.282. The lowest BCUT2D eigenvalue weighted by atomic mass is 10.1. The van der Waals surface area contributed by atoms with Gasteiger partial charge >= 0.3 is 0 Å². The average molecular weight is 251 g/mol. The molecule has 2 aromatic heterocycles. The molecule has 4 nitrogen and oxygen atoms in total. The fourth-order valence-corrected chi connectivity index (χ4v) is 2.04. The van der Waals surface area contributed by atoms with E-state index in [2.05, 4.69) is 9.97 Å². The summed E-state index contributed by atoms with van der Waals surface area (Å²) < 4.78 is 1.95. The van der Waals surface area contributed by atoms with E-state index in [1.54, 1.807) is 18.7 Å². The van der Waals surface area contributed by atoms with Crippen molar-refractivity contribution < 1.29 is 5.11 Å². The predicted octanol–water partition coefficient (Wildman–Crippen LogP) is 2.43. The Bertz CT molecular complexity index is 677. The minimum absolute atomic E-state index is 0.0166. The summed E-state index contributed by atoms with van der Waals surface area (Å²) in [5.41, 5.74) is 3.72. The number of benzene rings is 1. The molecule has 19 heavy (non-hydrogen) atoms. The van der Waals surface area contributed by atoms with E-state index in [-0.39, 0.29) is 6.61 Å². The third kappa shape index (κ3) is 2.26. The zero-order chi connectivity index (χ0) is 13.1. The monoisotopic (exact) mass is 251 g/mol. The van der Waals surface area contributed by atoms with Gasteiger partial charge in [0.25, 0.3) is 0 Å². The smallest absolute Gasteiger partial charge is 0.0991 e. The van der Waals surface area contributed by atoms with Gasteiger partial charge in [-0.25, -0.2) is 4.98 Å². The van der Waals surface area contributed by atoms with E-state index in [9.17, 15) is 5.11 Å². The lowest BCUT2D eigenvalue weighted by Gasteiger charge is -2.10. The van der Waals surface area contributed by atoms with Crippen LogP contribution in [-0.4, -0.2) is 19.6 Å². The Morgan fingerprint density at radius 2 is 2.00 bits per heavy atom. The van der Waals surface area contributed by atoms with Gasteiger partial charge in [-0.2, -0.15) is 0 Å². The standard InChI is InChI=1S/C15H13N3O/c19-10-12-5-6-17-14(9-12)13-3-1-2-4-15(13)18-8-7-16-11-18/h1-9,11,19H,10H2. The van der Waals surface area contributed by atoms with Gasteiger partial charge in [-0.1, -0.05) is 18.2 Å². The highest BCUT2D eigenvalue weighted by Crippen LogP contribution is 2.25. The number of rotatable bonds is 3. The fraction of sp³-hybridized carbons (Fsp3) is 0.0667. The van der Waals surface area contributed by atoms with E-state index in [0.29, 0.717) is 0 Å². The van der Waals surface area contributed by atoms with Crippen LogP contribution in [0.2, 0.25) is 0 Å². The normalized spacial score (nSPS) is 10.6. The summed E-state index contributed by atoms with van der Waals surface area (Å²) in [4.78, 5) is 8.45. The molecular formula is C15H13N3O. The van der Waals surface area contributed by atoms with Crippen LogP contribution in [-0.2, 0) is 6.61 Å². The topological polar surface area (TPSA) is 50.9 Å². The van der Waals surface area contributed by atoms with Crippen LogP contribution in [0.15, 0.2) is 61.3 Å². The van der Waals surface area contributed by atoms with Crippen molar-refractivity contribution in [2.24, 2.45) is 0 Å². The van der Waals surface area contributed by atoms with Gasteiger partial charge in [-0.15, -0.1) is 0 Å². The van der Waals surface area contributed by atoms with Gasteiger partial charge in [-0.05, 0) is 23.8 Å². The largest absolute Gasteiger partial charge is 0.392 e. The highest BCUT2D eigenvalue weighted by atomic mass is 16.3. The van der Waals surface area contributed by atoms with Crippen LogP contribution >= 0.6 is 0 Å². The Labute approximate surface area is 111 Å². The van der Waals surface area contributed by atoms with Crippen LogP contribution in [0.3, 0.4) is 0 Å². The third-order valence-corrected chi connectivity index (χ3v) is 2.97. The Morgan fingerprint density at radius 3 is 2.79 bits per heavy atom. The van der Waals surface area contributed by atoms with Gasteiger partial charge in [-0.3, -0.25) is 4.98 Å². The highest BCUT2D eigenvalue weighted by Gasteiger charge is 2.07. The molecule has 0 atom stereocenters. The molecule has 0 radical (unpaired) electrons. The molecule has 3 rings (SSSR count). The molecule has 0 saturated carbocycles. The van der Waals surface area contributed by atoms with Gasteiger partial charge in [0.2, 0.25) is 0 Å². The van der Waals surface area contributed by atoms with Gasteiger partial charge in [0, 0.05) is 24.2 Å². The van der Waals surface area contributed by atoms with Crippen LogP contribution < -0.4 is 0 Å². The number of aliphatic hydroxyl groups excluding tert-OH is 1. The van der Waals surface area contributed by atoms with Crippen LogP contribution in [0.1, 0.15) is 5.56 Å². The quantitative estimate of drug-likeness (QED) is 0.777. The second-order valence-electron chi connectivity index (χ2n) is 4.19. The summed E-state index contributed by atoms with van der Waals surface area (Å²) in [5, 5.41) is 9.22. The molecular weight excluding hydrogens is 238 g/mol. The van der Waals surface area contributed by atoms with Crippen molar-refractivity contribution in [3.63, 3.8) is 0 Å². The molecule has 0 aliphatic rings. The van der Waals surface area contributed by atoms with E-state index in [1.807, 2.05) is 47.2 Å². The lowest BCUT2D eigenvalue weighted by Crippen LogP contribution is -1.96. The van der Waals surface area contributed by atoms with E-state index in [1.165, 1.54) is 0 Å². The van der Waals surface area contributed by atoms with Crippen LogP contribution in [0.5, 0.6) is 0 Å². The molecule has 0 fully saturated rings. The van der Waals surface area contributed by atoms with E-state index in [4.69, 9.17) is 0 Å². The number of hydrogen-bond acceptors (Lipinski definition) is 3. The van der Waals surface area contributed by atoms with Crippen LogP contribution in [0.25, 0.3) is 16.9 Å². The summed E-state index contributed by atoms with van der Waals surface area (Å²) in [5.74, 6) is 0. The molecule has 0 unspecified atom stereocenters. The van der Waals surface area contributed by atoms with Crippen molar-refractivity contribution in [1.82, 2.24) is 14.5 Å². The minimum Gasteiger partial charge on any atom is -0.392 e. The molecule has 4 heteroatoms. The molecule has 0 spiro atoms. The van der Waals surface area contributed by atoms with Gasteiger partial charge in [0.15, 0.2) is 0 Å². The molecule has 0 amide bonds. The first kappa shape index (κ1) is 11.6. The molecule has 0 saturated heterocycles. The fourth-order valence-electron chi connectivity index (χ4n) is 2.04. The first-order valence-electron chi connectivity index (χ1n) is 6.02. The highest BCUT2D eigenvalue weighted by molar-refractivity contribution is 5.70. The summed E-state index contributed by atoms with van der Waals surface area (Å²) >= 11 is 0. The number of aliphatic hydroxyl groups is 1. The molecule has 0 bridgehead atoms. The second-order valence-corrected chi connectivity index (χ2v) is 4.19. The molecule has 1 aromatic carbocycles. The SMILES string of the molecule is OCc1ccnc(-c2ccccc2-n2ccnc2)c1. The number of nitrogens with zero attached hydrogens (tertiary/aromatic N) is 3. The summed E-state index contributed by atoms with van der Waals surface area (Å²) in [6.07, 6.45) is 7.11. The zero-order valence-corrected chi connectivity index (χ0v) is 10.3. The molecule has 3 aromatic rings. The summed E-state index contributed by atoms with van der Waals surface area (Å²) in [6.45, 7) is 0.0166. The summed E-state index contributed by atoms with van der Waals surface area (Å²) in [7, 11) is 0. The maximum absolute atomic E-state index is 9.22. The Hall–Kier alpha value is -2.46.